The Kier molecular flexibility index (Phi) is 48.1. The summed E-state index contributed by atoms with van der Waals surface area (Å²) < 4.78 is 11.2. The van der Waals surface area contributed by atoms with Gasteiger partial charge in [0, 0.05) is 13.0 Å². The molecule has 0 radical (unpaired) electrons. The molecule has 0 aliphatic rings. The maximum atomic E-state index is 12.3. The van der Waals surface area contributed by atoms with Crippen LogP contribution in [-0.2, 0) is 14.3 Å². The van der Waals surface area contributed by atoms with Crippen LogP contribution in [0.3, 0.4) is 0 Å². The topological polar surface area (TPSA) is 55.8 Å². The molecule has 330 valence electrons. The first-order chi connectivity index (χ1) is 28.2. The molecule has 0 bridgehead atoms. The molecule has 0 aliphatic heterocycles. The van der Waals surface area contributed by atoms with Crippen molar-refractivity contribution in [1.82, 2.24) is 0 Å². The molecular formula is C53H94O4. The number of aliphatic hydroxyl groups is 1. The molecule has 0 fully saturated rings. The van der Waals surface area contributed by atoms with Gasteiger partial charge >= 0.3 is 5.97 Å². The third-order valence-electron chi connectivity index (χ3n) is 10.5. The zero-order valence-electron chi connectivity index (χ0n) is 37.8. The number of ether oxygens (including phenoxy) is 2. The molecule has 0 aromatic rings. The largest absolute Gasteiger partial charge is 0.457 e. The van der Waals surface area contributed by atoms with Gasteiger partial charge < -0.3 is 14.6 Å². The summed E-state index contributed by atoms with van der Waals surface area (Å²) in [5.41, 5.74) is 0. The summed E-state index contributed by atoms with van der Waals surface area (Å²) in [6, 6.07) is 0. The van der Waals surface area contributed by atoms with E-state index >= 15 is 0 Å². The van der Waals surface area contributed by atoms with Crippen LogP contribution < -0.4 is 0 Å². The molecule has 0 aromatic heterocycles. The second kappa shape index (κ2) is 50.0. The second-order valence-corrected chi connectivity index (χ2v) is 16.2. The first-order valence-corrected chi connectivity index (χ1v) is 24.5. The molecule has 4 heteroatoms. The standard InChI is InChI=1S/C53H94O4/c1-3-5-7-9-11-13-15-17-19-21-23-25-27-28-30-32-34-36-38-40-42-44-46-48-53(55)57-52(50-54)51-56-49-47-45-43-41-39-37-35-33-31-29-26-24-22-20-18-16-14-12-10-8-6-4-2/h6,8,12,14,18,20-21,23-24,26,31,33,52,54H,3-5,7,9-11,13,15-17,19,22,25,27-30,32,34-51H2,1-2H3/b8-6-,14-12-,20-18-,23-21-,26-24-,33-31-. The van der Waals surface area contributed by atoms with Gasteiger partial charge in [0.25, 0.3) is 0 Å². The zero-order chi connectivity index (χ0) is 41.2. The van der Waals surface area contributed by atoms with Gasteiger partial charge in [-0.2, -0.15) is 0 Å². The SMILES string of the molecule is CC/C=C\C/C=C\C/C=C\C/C=C\C/C=C\CCCCCCCCOCC(CO)OC(=O)CCCCCCCCCCCCC/C=C\CCCCCCCCCC. The van der Waals surface area contributed by atoms with Crippen molar-refractivity contribution in [2.75, 3.05) is 19.8 Å². The van der Waals surface area contributed by atoms with E-state index in [2.05, 4.69) is 86.8 Å². The summed E-state index contributed by atoms with van der Waals surface area (Å²) in [6.45, 7) is 5.21. The number of allylic oxidation sites excluding steroid dienone is 12. The molecule has 0 saturated heterocycles. The minimum Gasteiger partial charge on any atom is -0.457 e. The lowest BCUT2D eigenvalue weighted by atomic mass is 10.0. The van der Waals surface area contributed by atoms with E-state index in [0.29, 0.717) is 13.0 Å². The molecule has 0 rings (SSSR count). The van der Waals surface area contributed by atoms with E-state index in [1.807, 2.05) is 0 Å². The molecular weight excluding hydrogens is 701 g/mol. The number of hydrogen-bond donors (Lipinski definition) is 1. The normalized spacial score (nSPS) is 13.0. The number of aliphatic hydroxyl groups excluding tert-OH is 1. The van der Waals surface area contributed by atoms with Crippen molar-refractivity contribution in [3.63, 3.8) is 0 Å². The molecule has 0 saturated carbocycles. The van der Waals surface area contributed by atoms with Crippen LogP contribution in [0.15, 0.2) is 72.9 Å². The van der Waals surface area contributed by atoms with Gasteiger partial charge in [-0.3, -0.25) is 4.79 Å². The minimum absolute atomic E-state index is 0.180. The first kappa shape index (κ1) is 54.8. The Bertz CT molecular complexity index is 973. The van der Waals surface area contributed by atoms with Gasteiger partial charge in [-0.05, 0) is 83.5 Å². The molecule has 0 aliphatic carbocycles. The number of rotatable bonds is 45. The fourth-order valence-corrected chi connectivity index (χ4v) is 6.88. The van der Waals surface area contributed by atoms with Crippen molar-refractivity contribution in [3.8, 4) is 0 Å². The molecule has 57 heavy (non-hydrogen) atoms. The van der Waals surface area contributed by atoms with Gasteiger partial charge in [0.15, 0.2) is 0 Å². The number of carbonyl (C=O) groups is 1. The quantitative estimate of drug-likeness (QED) is 0.0379. The molecule has 4 nitrogen and oxygen atoms in total. The van der Waals surface area contributed by atoms with Crippen molar-refractivity contribution >= 4 is 5.97 Å². The van der Waals surface area contributed by atoms with E-state index in [1.54, 1.807) is 0 Å². The summed E-state index contributed by atoms with van der Waals surface area (Å²) in [5.74, 6) is -0.207. The average Bonchev–Trinajstić information content (AvgIpc) is 3.22. The molecule has 1 unspecified atom stereocenters. The van der Waals surface area contributed by atoms with Gasteiger partial charge in [0.05, 0.1) is 13.2 Å². The van der Waals surface area contributed by atoms with Gasteiger partial charge in [0.2, 0.25) is 0 Å². The Labute approximate surface area is 355 Å². The van der Waals surface area contributed by atoms with Crippen molar-refractivity contribution in [2.45, 2.75) is 238 Å². The Morgan fingerprint density at radius 3 is 1.21 bits per heavy atom. The van der Waals surface area contributed by atoms with Gasteiger partial charge in [-0.25, -0.2) is 0 Å². The van der Waals surface area contributed by atoms with Crippen molar-refractivity contribution in [3.05, 3.63) is 72.9 Å². The summed E-state index contributed by atoms with van der Waals surface area (Å²) in [7, 11) is 0. The van der Waals surface area contributed by atoms with E-state index in [-0.39, 0.29) is 19.2 Å². The number of unbranched alkanes of at least 4 members (excludes halogenated alkanes) is 25. The van der Waals surface area contributed by atoms with Gasteiger partial charge in [0.1, 0.15) is 6.10 Å². The van der Waals surface area contributed by atoms with Crippen LogP contribution in [-0.4, -0.2) is 37.0 Å². The van der Waals surface area contributed by atoms with Crippen LogP contribution in [0.2, 0.25) is 0 Å². The number of hydrogen-bond acceptors (Lipinski definition) is 4. The zero-order valence-corrected chi connectivity index (χ0v) is 37.8. The summed E-state index contributed by atoms with van der Waals surface area (Å²) in [4.78, 5) is 12.3. The second-order valence-electron chi connectivity index (χ2n) is 16.2. The van der Waals surface area contributed by atoms with Crippen LogP contribution in [0.4, 0.5) is 0 Å². The molecule has 0 amide bonds. The highest BCUT2D eigenvalue weighted by atomic mass is 16.6. The maximum Gasteiger partial charge on any atom is 0.306 e. The average molecular weight is 795 g/mol. The smallest absolute Gasteiger partial charge is 0.306 e. The van der Waals surface area contributed by atoms with E-state index in [4.69, 9.17) is 9.47 Å². The monoisotopic (exact) mass is 795 g/mol. The Morgan fingerprint density at radius 1 is 0.439 bits per heavy atom. The Balaban J connectivity index is 3.46. The molecule has 0 spiro atoms. The third kappa shape index (κ3) is 48.1. The molecule has 1 N–H and O–H groups in total. The van der Waals surface area contributed by atoms with E-state index < -0.39 is 6.10 Å². The van der Waals surface area contributed by atoms with Crippen LogP contribution in [0.25, 0.3) is 0 Å². The maximum absolute atomic E-state index is 12.3. The third-order valence-corrected chi connectivity index (χ3v) is 10.5. The van der Waals surface area contributed by atoms with Crippen LogP contribution in [0, 0.1) is 0 Å². The van der Waals surface area contributed by atoms with Crippen molar-refractivity contribution < 1.29 is 19.4 Å². The lowest BCUT2D eigenvalue weighted by molar-refractivity contribution is -0.154. The van der Waals surface area contributed by atoms with E-state index in [9.17, 15) is 9.90 Å². The summed E-state index contributed by atoms with van der Waals surface area (Å²) in [5, 5.41) is 9.64. The fourth-order valence-electron chi connectivity index (χ4n) is 6.88. The van der Waals surface area contributed by atoms with Crippen molar-refractivity contribution in [2.24, 2.45) is 0 Å². The Hall–Kier alpha value is -2.17. The van der Waals surface area contributed by atoms with Crippen LogP contribution in [0.5, 0.6) is 0 Å². The number of esters is 1. The fraction of sp³-hybridized carbons (Fsp3) is 0.755. The molecule has 0 heterocycles. The highest BCUT2D eigenvalue weighted by Gasteiger charge is 2.13. The van der Waals surface area contributed by atoms with Gasteiger partial charge in [-0.15, -0.1) is 0 Å². The molecule has 1 atom stereocenters. The van der Waals surface area contributed by atoms with Crippen LogP contribution in [0.1, 0.15) is 232 Å². The predicted octanol–water partition coefficient (Wildman–Crippen LogP) is 16.5. The summed E-state index contributed by atoms with van der Waals surface area (Å²) >= 11 is 0. The highest BCUT2D eigenvalue weighted by Crippen LogP contribution is 2.14. The highest BCUT2D eigenvalue weighted by molar-refractivity contribution is 5.69. The summed E-state index contributed by atoms with van der Waals surface area (Å²) in [6.07, 6.45) is 68.4. The first-order valence-electron chi connectivity index (χ1n) is 24.5. The lowest BCUT2D eigenvalue weighted by Gasteiger charge is -2.15. The minimum atomic E-state index is -0.547. The van der Waals surface area contributed by atoms with E-state index in [0.717, 1.165) is 64.2 Å². The Morgan fingerprint density at radius 2 is 0.789 bits per heavy atom. The lowest BCUT2D eigenvalue weighted by Crippen LogP contribution is -2.27. The van der Waals surface area contributed by atoms with Gasteiger partial charge in [-0.1, -0.05) is 215 Å². The predicted molar refractivity (Wildman–Crippen MR) is 251 cm³/mol. The number of carbonyl (C=O) groups excluding carboxylic acids is 1. The molecule has 0 aromatic carbocycles. The van der Waals surface area contributed by atoms with E-state index in [1.165, 1.54) is 148 Å². The van der Waals surface area contributed by atoms with Crippen LogP contribution >= 0.6 is 0 Å². The van der Waals surface area contributed by atoms with Crippen molar-refractivity contribution in [1.29, 1.82) is 0 Å².